The first-order chi connectivity index (χ1) is 9.13. The van der Waals surface area contributed by atoms with E-state index in [0.29, 0.717) is 17.5 Å². The topological polar surface area (TPSA) is 45.6 Å². The largest absolute Gasteiger partial charge is 0.272 e. The normalized spacial score (nSPS) is 15.6. The van der Waals surface area contributed by atoms with Crippen LogP contribution in [0.3, 0.4) is 0 Å². The molecular formula is C14H15N3OS. The number of thiazole rings is 1. The average Bonchev–Trinajstić information content (AvgIpc) is 2.91. The van der Waals surface area contributed by atoms with Gasteiger partial charge in [-0.25, -0.2) is 4.98 Å². The van der Waals surface area contributed by atoms with Crippen LogP contribution in [0.4, 0.5) is 5.13 Å². The molecule has 0 saturated carbocycles. The van der Waals surface area contributed by atoms with Gasteiger partial charge in [-0.1, -0.05) is 37.3 Å². The molecule has 1 aliphatic heterocycles. The second-order valence-electron chi connectivity index (χ2n) is 5.11. The maximum Gasteiger partial charge on any atom is 0.255 e. The summed E-state index contributed by atoms with van der Waals surface area (Å²) in [6, 6.07) is 7.89. The molecule has 0 bridgehead atoms. The molecule has 5 heteroatoms. The number of aromatic nitrogens is 1. The number of nitrogens with zero attached hydrogens (tertiary/aromatic N) is 3. The Balaban J connectivity index is 1.92. The molecule has 4 nitrogen and oxygen atoms in total. The van der Waals surface area contributed by atoms with E-state index in [2.05, 4.69) is 23.9 Å². The van der Waals surface area contributed by atoms with Gasteiger partial charge in [-0.15, -0.1) is 0 Å². The molecular weight excluding hydrogens is 258 g/mol. The van der Waals surface area contributed by atoms with E-state index in [1.807, 2.05) is 24.3 Å². The van der Waals surface area contributed by atoms with Crippen molar-refractivity contribution in [1.82, 2.24) is 4.98 Å². The first-order valence-corrected chi connectivity index (χ1v) is 7.20. The molecule has 2 aromatic rings. The standard InChI is InChI=1S/C14H15N3OS/c1-9(2)7-10-8-13(18)17(16-10)14-15-11-5-3-4-6-12(11)19-14/h3-6,9H,7-8H2,1-2H3. The zero-order valence-electron chi connectivity index (χ0n) is 11.0. The zero-order valence-corrected chi connectivity index (χ0v) is 11.8. The first-order valence-electron chi connectivity index (χ1n) is 6.38. The van der Waals surface area contributed by atoms with Crippen LogP contribution in [0, 0.1) is 5.92 Å². The molecule has 1 aromatic heterocycles. The lowest BCUT2D eigenvalue weighted by atomic mass is 10.1. The summed E-state index contributed by atoms with van der Waals surface area (Å²) in [6.07, 6.45) is 1.29. The predicted octanol–water partition coefficient (Wildman–Crippen LogP) is 3.44. The molecule has 0 saturated heterocycles. The lowest BCUT2D eigenvalue weighted by Gasteiger charge is -2.05. The van der Waals surface area contributed by atoms with Gasteiger partial charge in [0.2, 0.25) is 5.13 Å². The molecule has 0 radical (unpaired) electrons. The van der Waals surface area contributed by atoms with E-state index >= 15 is 0 Å². The summed E-state index contributed by atoms with van der Waals surface area (Å²) in [5, 5.41) is 6.56. The first kappa shape index (κ1) is 12.3. The van der Waals surface area contributed by atoms with Gasteiger partial charge in [0.1, 0.15) is 0 Å². The van der Waals surface area contributed by atoms with E-state index in [4.69, 9.17) is 0 Å². The Labute approximate surface area is 115 Å². The number of benzene rings is 1. The lowest BCUT2D eigenvalue weighted by molar-refractivity contribution is -0.116. The third-order valence-electron chi connectivity index (χ3n) is 2.94. The van der Waals surface area contributed by atoms with E-state index in [1.165, 1.54) is 16.3 Å². The number of fused-ring (bicyclic) bond motifs is 1. The van der Waals surface area contributed by atoms with Crippen LogP contribution in [0.2, 0.25) is 0 Å². The Hall–Kier alpha value is -1.75. The summed E-state index contributed by atoms with van der Waals surface area (Å²) < 4.78 is 1.08. The number of para-hydroxylation sites is 1. The number of amides is 1. The summed E-state index contributed by atoms with van der Waals surface area (Å²) in [5.41, 5.74) is 1.88. The Kier molecular flexibility index (Phi) is 3.06. The number of rotatable bonds is 3. The van der Waals surface area contributed by atoms with Crippen molar-refractivity contribution in [3.8, 4) is 0 Å². The summed E-state index contributed by atoms with van der Waals surface area (Å²) in [5.74, 6) is 0.538. The van der Waals surface area contributed by atoms with Gasteiger partial charge in [0.25, 0.3) is 5.91 Å². The maximum absolute atomic E-state index is 12.0. The molecule has 2 heterocycles. The minimum atomic E-state index is 0.0229. The van der Waals surface area contributed by atoms with Crippen LogP contribution in [0.15, 0.2) is 29.4 Å². The second-order valence-corrected chi connectivity index (χ2v) is 6.12. The van der Waals surface area contributed by atoms with Crippen LogP contribution < -0.4 is 5.01 Å². The van der Waals surface area contributed by atoms with Crippen molar-refractivity contribution in [2.45, 2.75) is 26.7 Å². The van der Waals surface area contributed by atoms with Gasteiger partial charge in [-0.2, -0.15) is 10.1 Å². The van der Waals surface area contributed by atoms with E-state index in [0.717, 1.165) is 22.3 Å². The summed E-state index contributed by atoms with van der Waals surface area (Å²) >= 11 is 1.51. The van der Waals surface area contributed by atoms with Gasteiger partial charge in [0, 0.05) is 5.71 Å². The van der Waals surface area contributed by atoms with Crippen LogP contribution in [-0.4, -0.2) is 16.6 Å². The summed E-state index contributed by atoms with van der Waals surface area (Å²) in [4.78, 5) is 16.5. The Morgan fingerprint density at radius 3 is 2.89 bits per heavy atom. The second kappa shape index (κ2) is 4.74. The van der Waals surface area contributed by atoms with Gasteiger partial charge in [-0.3, -0.25) is 4.79 Å². The molecule has 0 N–H and O–H groups in total. The molecule has 1 amide bonds. The molecule has 0 spiro atoms. The number of hydrogen-bond donors (Lipinski definition) is 0. The highest BCUT2D eigenvalue weighted by Crippen LogP contribution is 2.31. The van der Waals surface area contributed by atoms with Crippen molar-refractivity contribution >= 4 is 38.3 Å². The van der Waals surface area contributed by atoms with Crippen molar-refractivity contribution in [1.29, 1.82) is 0 Å². The van der Waals surface area contributed by atoms with Crippen LogP contribution in [-0.2, 0) is 4.79 Å². The van der Waals surface area contributed by atoms with Gasteiger partial charge < -0.3 is 0 Å². The molecule has 19 heavy (non-hydrogen) atoms. The highest BCUT2D eigenvalue weighted by atomic mass is 32.1. The molecule has 0 fully saturated rings. The van der Waals surface area contributed by atoms with Gasteiger partial charge in [0.15, 0.2) is 0 Å². The summed E-state index contributed by atoms with van der Waals surface area (Å²) in [6.45, 7) is 4.26. The fourth-order valence-electron chi connectivity index (χ4n) is 2.17. The molecule has 0 unspecified atom stereocenters. The number of hydrogen-bond acceptors (Lipinski definition) is 4. The van der Waals surface area contributed by atoms with Crippen molar-refractivity contribution in [3.05, 3.63) is 24.3 Å². The molecule has 1 aliphatic rings. The fourth-order valence-corrected chi connectivity index (χ4v) is 3.10. The van der Waals surface area contributed by atoms with Crippen LogP contribution >= 0.6 is 11.3 Å². The number of carbonyl (C=O) groups excluding carboxylic acids is 1. The quantitative estimate of drug-likeness (QED) is 0.860. The van der Waals surface area contributed by atoms with E-state index in [9.17, 15) is 4.79 Å². The Bertz CT molecular complexity index is 627. The van der Waals surface area contributed by atoms with E-state index < -0.39 is 0 Å². The molecule has 0 atom stereocenters. The molecule has 3 rings (SSSR count). The fraction of sp³-hybridized carbons (Fsp3) is 0.357. The van der Waals surface area contributed by atoms with Gasteiger partial charge >= 0.3 is 0 Å². The highest BCUT2D eigenvalue weighted by Gasteiger charge is 2.27. The Morgan fingerprint density at radius 1 is 1.37 bits per heavy atom. The van der Waals surface area contributed by atoms with Crippen LogP contribution in [0.25, 0.3) is 10.2 Å². The minimum Gasteiger partial charge on any atom is -0.272 e. The van der Waals surface area contributed by atoms with Crippen molar-refractivity contribution < 1.29 is 4.79 Å². The van der Waals surface area contributed by atoms with Crippen LogP contribution in [0.5, 0.6) is 0 Å². The van der Waals surface area contributed by atoms with Gasteiger partial charge in [0.05, 0.1) is 16.6 Å². The summed E-state index contributed by atoms with van der Waals surface area (Å²) in [7, 11) is 0. The SMILES string of the molecule is CC(C)CC1=NN(c2nc3ccccc3s2)C(=O)C1. The smallest absolute Gasteiger partial charge is 0.255 e. The molecule has 0 aliphatic carbocycles. The van der Waals surface area contributed by atoms with E-state index in [1.54, 1.807) is 0 Å². The number of carbonyl (C=O) groups is 1. The van der Waals surface area contributed by atoms with E-state index in [-0.39, 0.29) is 5.91 Å². The highest BCUT2D eigenvalue weighted by molar-refractivity contribution is 7.22. The van der Waals surface area contributed by atoms with Crippen molar-refractivity contribution in [2.24, 2.45) is 11.0 Å². The van der Waals surface area contributed by atoms with Crippen LogP contribution in [0.1, 0.15) is 26.7 Å². The van der Waals surface area contributed by atoms with Gasteiger partial charge in [-0.05, 0) is 24.5 Å². The predicted molar refractivity (Wildman–Crippen MR) is 78.6 cm³/mol. The number of anilines is 1. The van der Waals surface area contributed by atoms with Crippen molar-refractivity contribution in [3.63, 3.8) is 0 Å². The zero-order chi connectivity index (χ0) is 13.4. The third kappa shape index (κ3) is 2.38. The molecule has 98 valence electrons. The third-order valence-corrected chi connectivity index (χ3v) is 3.95. The number of hydrazone groups is 1. The minimum absolute atomic E-state index is 0.0229. The Morgan fingerprint density at radius 2 is 2.16 bits per heavy atom. The maximum atomic E-state index is 12.0. The lowest BCUT2D eigenvalue weighted by Crippen LogP contribution is -2.19. The average molecular weight is 273 g/mol. The van der Waals surface area contributed by atoms with Crippen molar-refractivity contribution in [2.75, 3.05) is 5.01 Å². The monoisotopic (exact) mass is 273 g/mol. The molecule has 1 aromatic carbocycles.